The van der Waals surface area contributed by atoms with Crippen LogP contribution in [0.5, 0.6) is 5.75 Å². The maximum atomic E-state index is 15.1. The predicted octanol–water partition coefficient (Wildman–Crippen LogP) is 5.40. The number of nitrogens with one attached hydrogen (secondary N) is 1. The SMILES string of the molecule is CCc1c(C(=O)O)c(=O)c2cc(F)c(F)c(OCC[C@H]3C[C@@H](O[Si](C)(C)C(C)(C)C)CN3)c2n1C1CC1. The van der Waals surface area contributed by atoms with E-state index in [1.54, 1.807) is 11.5 Å². The van der Waals surface area contributed by atoms with E-state index in [0.29, 0.717) is 12.1 Å². The number of halogens is 2. The minimum Gasteiger partial charge on any atom is -0.488 e. The van der Waals surface area contributed by atoms with Crippen molar-refractivity contribution in [3.63, 3.8) is 0 Å². The van der Waals surface area contributed by atoms with Crippen LogP contribution >= 0.6 is 0 Å². The summed E-state index contributed by atoms with van der Waals surface area (Å²) < 4.78 is 43.8. The first-order valence-electron chi connectivity index (χ1n) is 13.1. The van der Waals surface area contributed by atoms with Crippen LogP contribution in [-0.2, 0) is 10.8 Å². The fraction of sp³-hybridized carbons (Fsp3) is 0.630. The van der Waals surface area contributed by atoms with E-state index in [1.807, 2.05) is 0 Å². The van der Waals surface area contributed by atoms with Crippen LogP contribution in [0, 0.1) is 11.6 Å². The third kappa shape index (κ3) is 5.33. The maximum absolute atomic E-state index is 15.1. The topological polar surface area (TPSA) is 89.8 Å². The maximum Gasteiger partial charge on any atom is 0.341 e. The Bertz CT molecular complexity index is 1270. The highest BCUT2D eigenvalue weighted by Gasteiger charge is 2.41. The molecule has 0 amide bonds. The zero-order valence-corrected chi connectivity index (χ0v) is 23.5. The molecule has 1 saturated carbocycles. The molecule has 1 aliphatic carbocycles. The lowest BCUT2D eigenvalue weighted by Gasteiger charge is -2.38. The van der Waals surface area contributed by atoms with Crippen molar-refractivity contribution < 1.29 is 27.8 Å². The summed E-state index contributed by atoms with van der Waals surface area (Å²) in [5.74, 6) is -4.08. The number of carbonyl (C=O) groups is 1. The van der Waals surface area contributed by atoms with Crippen LogP contribution in [0.1, 0.15) is 75.5 Å². The summed E-state index contributed by atoms with van der Waals surface area (Å²) in [5, 5.41) is 13.1. The summed E-state index contributed by atoms with van der Waals surface area (Å²) in [5.41, 5.74) is -0.747. The zero-order chi connectivity index (χ0) is 27.3. The molecule has 2 aromatic rings. The minimum absolute atomic E-state index is 0.0758. The number of carboxylic acid groups (broad SMARTS) is 1. The summed E-state index contributed by atoms with van der Waals surface area (Å²) >= 11 is 0. The molecule has 1 saturated heterocycles. The van der Waals surface area contributed by atoms with E-state index in [9.17, 15) is 19.1 Å². The number of rotatable bonds is 9. The molecule has 1 aromatic heterocycles. The second-order valence-electron chi connectivity index (χ2n) is 11.8. The van der Waals surface area contributed by atoms with E-state index in [4.69, 9.17) is 9.16 Å². The molecule has 2 fully saturated rings. The molecule has 10 heteroatoms. The molecular weight excluding hydrogens is 498 g/mol. The second kappa shape index (κ2) is 10.1. The van der Waals surface area contributed by atoms with Gasteiger partial charge in [-0.1, -0.05) is 27.7 Å². The van der Waals surface area contributed by atoms with Crippen molar-refractivity contribution in [2.45, 2.75) is 96.1 Å². The zero-order valence-electron chi connectivity index (χ0n) is 22.5. The molecule has 0 radical (unpaired) electrons. The number of aromatic nitrogens is 1. The average Bonchev–Trinajstić information content (AvgIpc) is 3.54. The summed E-state index contributed by atoms with van der Waals surface area (Å²) in [6.07, 6.45) is 3.25. The van der Waals surface area contributed by atoms with Crippen molar-refractivity contribution in [2.24, 2.45) is 0 Å². The molecule has 37 heavy (non-hydrogen) atoms. The molecule has 1 aliphatic heterocycles. The van der Waals surface area contributed by atoms with Gasteiger partial charge >= 0.3 is 5.97 Å². The first kappa shape index (κ1) is 27.7. The summed E-state index contributed by atoms with van der Waals surface area (Å²) in [7, 11) is -1.90. The summed E-state index contributed by atoms with van der Waals surface area (Å²) in [4.78, 5) is 25.0. The van der Waals surface area contributed by atoms with Crippen LogP contribution in [0.2, 0.25) is 18.1 Å². The molecule has 2 N–H and O–H groups in total. The lowest BCUT2D eigenvalue weighted by molar-refractivity contribution is 0.0693. The van der Waals surface area contributed by atoms with E-state index in [1.165, 1.54) is 0 Å². The third-order valence-electron chi connectivity index (χ3n) is 8.06. The van der Waals surface area contributed by atoms with Gasteiger partial charge in [0.15, 0.2) is 19.9 Å². The summed E-state index contributed by atoms with van der Waals surface area (Å²) in [6, 6.07) is 0.826. The minimum atomic E-state index is -1.90. The molecule has 204 valence electrons. The van der Waals surface area contributed by atoms with Crippen LogP contribution in [0.25, 0.3) is 10.9 Å². The predicted molar refractivity (Wildman–Crippen MR) is 141 cm³/mol. The number of carboxylic acids is 1. The fourth-order valence-corrected chi connectivity index (χ4v) is 6.32. The van der Waals surface area contributed by atoms with Crippen molar-refractivity contribution in [3.8, 4) is 5.75 Å². The number of nitrogens with zero attached hydrogens (tertiary/aromatic N) is 1. The van der Waals surface area contributed by atoms with Crippen molar-refractivity contribution in [1.29, 1.82) is 0 Å². The quantitative estimate of drug-likeness (QED) is 0.418. The van der Waals surface area contributed by atoms with Crippen molar-refractivity contribution >= 4 is 25.2 Å². The van der Waals surface area contributed by atoms with Gasteiger partial charge in [0, 0.05) is 24.3 Å². The normalized spacial score (nSPS) is 20.5. The van der Waals surface area contributed by atoms with Crippen molar-refractivity contribution in [1.82, 2.24) is 9.88 Å². The Morgan fingerprint density at radius 2 is 1.95 bits per heavy atom. The molecule has 2 atom stereocenters. The molecule has 0 unspecified atom stereocenters. The van der Waals surface area contributed by atoms with Gasteiger partial charge in [0.05, 0.1) is 23.6 Å². The first-order chi connectivity index (χ1) is 17.3. The fourth-order valence-electron chi connectivity index (χ4n) is 4.95. The smallest absolute Gasteiger partial charge is 0.341 e. The van der Waals surface area contributed by atoms with Gasteiger partial charge in [0.2, 0.25) is 11.2 Å². The molecule has 1 aromatic carbocycles. The first-order valence-corrected chi connectivity index (χ1v) is 16.0. The highest BCUT2D eigenvalue weighted by atomic mass is 28.4. The van der Waals surface area contributed by atoms with Gasteiger partial charge in [0.1, 0.15) is 5.56 Å². The molecule has 0 spiro atoms. The van der Waals surface area contributed by atoms with Gasteiger partial charge in [-0.15, -0.1) is 0 Å². The van der Waals surface area contributed by atoms with Gasteiger partial charge in [-0.2, -0.15) is 4.39 Å². The largest absolute Gasteiger partial charge is 0.488 e. The standard InChI is InChI=1S/C27H38F2N2O5Si/c1-7-20-21(26(33)34)24(32)18-13-19(28)22(29)25(23(18)31(20)16-8-9-16)35-11-10-15-12-17(14-30-15)36-37(5,6)27(2,3)4/h13,15-17,30H,7-12,14H2,1-6H3,(H,33,34)/t15-,17+/m0/s1. The Balaban J connectivity index is 1.59. The van der Waals surface area contributed by atoms with E-state index in [0.717, 1.165) is 31.9 Å². The second-order valence-corrected chi connectivity index (χ2v) is 16.5. The van der Waals surface area contributed by atoms with Crippen LogP contribution in [-0.4, -0.2) is 49.3 Å². The number of hydrogen-bond donors (Lipinski definition) is 2. The monoisotopic (exact) mass is 536 g/mol. The van der Waals surface area contributed by atoms with Crippen LogP contribution in [0.15, 0.2) is 10.9 Å². The Morgan fingerprint density at radius 3 is 2.51 bits per heavy atom. The van der Waals surface area contributed by atoms with Crippen molar-refractivity contribution in [2.75, 3.05) is 13.2 Å². The lowest BCUT2D eigenvalue weighted by Crippen LogP contribution is -2.44. The highest BCUT2D eigenvalue weighted by Crippen LogP contribution is 2.42. The van der Waals surface area contributed by atoms with E-state index >= 15 is 4.39 Å². The Morgan fingerprint density at radius 1 is 1.27 bits per heavy atom. The molecule has 7 nitrogen and oxygen atoms in total. The average molecular weight is 537 g/mol. The Kier molecular flexibility index (Phi) is 7.57. The highest BCUT2D eigenvalue weighted by molar-refractivity contribution is 6.74. The number of aromatic carboxylic acids is 1. The Hall–Kier alpha value is -2.30. The number of ether oxygens (including phenoxy) is 1. The molecular formula is C27H38F2N2O5Si. The number of benzene rings is 1. The van der Waals surface area contributed by atoms with Gasteiger partial charge < -0.3 is 24.2 Å². The van der Waals surface area contributed by atoms with Gasteiger partial charge in [-0.05, 0) is 56.3 Å². The van der Waals surface area contributed by atoms with Gasteiger partial charge in [-0.3, -0.25) is 4.79 Å². The van der Waals surface area contributed by atoms with Crippen LogP contribution < -0.4 is 15.5 Å². The number of hydrogen-bond acceptors (Lipinski definition) is 5. The van der Waals surface area contributed by atoms with Crippen molar-refractivity contribution in [3.05, 3.63) is 39.2 Å². The van der Waals surface area contributed by atoms with E-state index in [2.05, 4.69) is 39.2 Å². The van der Waals surface area contributed by atoms with Crippen LogP contribution in [0.3, 0.4) is 0 Å². The third-order valence-corrected chi connectivity index (χ3v) is 12.6. The molecule has 2 heterocycles. The number of pyridine rings is 1. The van der Waals surface area contributed by atoms with E-state index < -0.39 is 31.3 Å². The Labute approximate surface area is 217 Å². The van der Waals surface area contributed by atoms with Crippen LogP contribution in [0.4, 0.5) is 8.78 Å². The van der Waals surface area contributed by atoms with Gasteiger partial charge in [-0.25, -0.2) is 9.18 Å². The summed E-state index contributed by atoms with van der Waals surface area (Å²) in [6.45, 7) is 13.6. The molecule has 2 aliphatic rings. The lowest BCUT2D eigenvalue weighted by atomic mass is 10.0. The molecule has 0 bridgehead atoms. The van der Waals surface area contributed by atoms with E-state index in [-0.39, 0.29) is 58.5 Å². The van der Waals surface area contributed by atoms with Gasteiger partial charge in [0.25, 0.3) is 0 Å². The number of fused-ring (bicyclic) bond motifs is 1. The molecule has 4 rings (SSSR count).